The van der Waals surface area contributed by atoms with E-state index >= 15 is 0 Å². The Morgan fingerprint density at radius 1 is 0.690 bits per heavy atom. The summed E-state index contributed by atoms with van der Waals surface area (Å²) in [6, 6.07) is 32.1. The van der Waals surface area contributed by atoms with Crippen LogP contribution in [0, 0.1) is 0 Å². The van der Waals surface area contributed by atoms with Gasteiger partial charge in [0, 0.05) is 20.2 Å². The summed E-state index contributed by atoms with van der Waals surface area (Å²) in [7, 11) is 1.00. The molecule has 2 N–H and O–H groups in total. The predicted octanol–water partition coefficient (Wildman–Crippen LogP) is 4.51. The molecule has 0 heterocycles. The molecule has 1 atom stereocenters. The quantitative estimate of drug-likeness (QED) is 0.535. The third kappa shape index (κ3) is 8.20. The number of hydrogen-bond acceptors (Lipinski definition) is 3. The number of aliphatic hydroxyl groups is 2. The van der Waals surface area contributed by atoms with Crippen LogP contribution in [0.5, 0.6) is 0 Å². The van der Waals surface area contributed by atoms with Crippen LogP contribution in [-0.4, -0.2) is 41.9 Å². The van der Waals surface area contributed by atoms with Gasteiger partial charge in [0.05, 0.1) is 6.61 Å². The molecule has 0 radical (unpaired) electrons. The highest BCUT2D eigenvalue weighted by Gasteiger charge is 2.15. The molecular weight excluding hydrogens is 358 g/mol. The Kier molecular flexibility index (Phi) is 10.8. The Hall–Kier alpha value is -2.46. The van der Waals surface area contributed by atoms with Crippen molar-refractivity contribution in [2.45, 2.75) is 25.3 Å². The first-order valence-corrected chi connectivity index (χ1v) is 10.3. The van der Waals surface area contributed by atoms with Gasteiger partial charge in [-0.25, -0.2) is 0 Å². The van der Waals surface area contributed by atoms with Crippen LogP contribution in [-0.2, 0) is 13.0 Å². The number of nitrogens with zero attached hydrogens (tertiary/aromatic N) is 1. The number of rotatable bonds is 10. The van der Waals surface area contributed by atoms with Crippen molar-refractivity contribution >= 4 is 0 Å². The second-order valence-electron chi connectivity index (χ2n) is 7.07. The van der Waals surface area contributed by atoms with E-state index in [-0.39, 0.29) is 6.61 Å². The van der Waals surface area contributed by atoms with E-state index in [2.05, 4.69) is 89.8 Å². The highest BCUT2D eigenvalue weighted by Crippen LogP contribution is 2.25. The van der Waals surface area contributed by atoms with Crippen molar-refractivity contribution < 1.29 is 10.2 Å². The monoisotopic (exact) mass is 391 g/mol. The number of benzene rings is 3. The summed E-state index contributed by atoms with van der Waals surface area (Å²) in [5.74, 6) is 0.477. The zero-order chi connectivity index (χ0) is 20.7. The van der Waals surface area contributed by atoms with Crippen molar-refractivity contribution in [3.05, 3.63) is 108 Å². The van der Waals surface area contributed by atoms with E-state index in [1.54, 1.807) is 0 Å². The maximum absolute atomic E-state index is 9.49. The van der Waals surface area contributed by atoms with Gasteiger partial charge < -0.3 is 10.2 Å². The lowest BCUT2D eigenvalue weighted by atomic mass is 9.89. The van der Waals surface area contributed by atoms with Crippen molar-refractivity contribution in [2.24, 2.45) is 0 Å². The molecule has 0 aliphatic heterocycles. The molecule has 0 amide bonds. The van der Waals surface area contributed by atoms with Crippen LogP contribution in [0.3, 0.4) is 0 Å². The fourth-order valence-electron chi connectivity index (χ4n) is 3.60. The molecule has 3 rings (SSSR count). The van der Waals surface area contributed by atoms with E-state index in [9.17, 15) is 5.11 Å². The molecule has 3 nitrogen and oxygen atoms in total. The molecule has 0 bridgehead atoms. The van der Waals surface area contributed by atoms with Gasteiger partial charge in [-0.3, -0.25) is 4.90 Å². The third-order valence-corrected chi connectivity index (χ3v) is 5.05. The van der Waals surface area contributed by atoms with E-state index in [0.717, 1.165) is 33.0 Å². The highest BCUT2D eigenvalue weighted by atomic mass is 16.3. The van der Waals surface area contributed by atoms with E-state index < -0.39 is 0 Å². The summed E-state index contributed by atoms with van der Waals surface area (Å²) in [6.45, 7) is 2.76. The molecule has 0 aromatic heterocycles. The molecular formula is C26H33NO2. The van der Waals surface area contributed by atoms with Gasteiger partial charge in [0.2, 0.25) is 0 Å². The second kappa shape index (κ2) is 13.7. The Labute approximate surface area is 175 Å². The fraction of sp³-hybridized carbons (Fsp3) is 0.308. The van der Waals surface area contributed by atoms with Gasteiger partial charge in [0.15, 0.2) is 0 Å². The average molecular weight is 392 g/mol. The first kappa shape index (κ1) is 22.8. The lowest BCUT2D eigenvalue weighted by molar-refractivity contribution is 0.185. The molecule has 154 valence electrons. The number of aliphatic hydroxyl groups excluding tert-OH is 2. The first-order valence-electron chi connectivity index (χ1n) is 10.3. The van der Waals surface area contributed by atoms with Gasteiger partial charge >= 0.3 is 0 Å². The Balaban J connectivity index is 0.00000145. The molecule has 3 aromatic carbocycles. The van der Waals surface area contributed by atoms with Crippen LogP contribution >= 0.6 is 0 Å². The molecule has 29 heavy (non-hydrogen) atoms. The Morgan fingerprint density at radius 2 is 1.21 bits per heavy atom. The van der Waals surface area contributed by atoms with Gasteiger partial charge in [-0.05, 0) is 42.0 Å². The SMILES string of the molecule is CO.OCCN(CC[C@@H](Cc1ccccc1)c1ccccc1)Cc1ccccc1. The van der Waals surface area contributed by atoms with Crippen LogP contribution in [0.2, 0.25) is 0 Å². The summed E-state index contributed by atoms with van der Waals surface area (Å²) >= 11 is 0. The molecule has 0 fully saturated rings. The molecule has 0 saturated carbocycles. The lowest BCUT2D eigenvalue weighted by Crippen LogP contribution is -2.29. The molecule has 0 aliphatic carbocycles. The van der Waals surface area contributed by atoms with Gasteiger partial charge in [-0.15, -0.1) is 0 Å². The fourth-order valence-corrected chi connectivity index (χ4v) is 3.60. The zero-order valence-corrected chi connectivity index (χ0v) is 17.3. The average Bonchev–Trinajstić information content (AvgIpc) is 2.80. The molecule has 3 heteroatoms. The predicted molar refractivity (Wildman–Crippen MR) is 121 cm³/mol. The topological polar surface area (TPSA) is 43.7 Å². The van der Waals surface area contributed by atoms with Crippen LogP contribution in [0.25, 0.3) is 0 Å². The minimum atomic E-state index is 0.196. The van der Waals surface area contributed by atoms with E-state index in [1.165, 1.54) is 16.7 Å². The number of hydrogen-bond donors (Lipinski definition) is 2. The van der Waals surface area contributed by atoms with Crippen LogP contribution in [0.4, 0.5) is 0 Å². The minimum Gasteiger partial charge on any atom is -0.400 e. The van der Waals surface area contributed by atoms with Gasteiger partial charge in [0.25, 0.3) is 0 Å². The van der Waals surface area contributed by atoms with E-state index in [0.29, 0.717) is 12.5 Å². The zero-order valence-electron chi connectivity index (χ0n) is 17.3. The smallest absolute Gasteiger partial charge is 0.0558 e. The van der Waals surface area contributed by atoms with Crippen molar-refractivity contribution in [2.75, 3.05) is 26.8 Å². The summed E-state index contributed by atoms with van der Waals surface area (Å²) in [5, 5.41) is 16.5. The largest absolute Gasteiger partial charge is 0.400 e. The maximum atomic E-state index is 9.49. The van der Waals surface area contributed by atoms with Crippen LogP contribution < -0.4 is 0 Å². The van der Waals surface area contributed by atoms with Crippen molar-refractivity contribution in [1.82, 2.24) is 4.90 Å². The van der Waals surface area contributed by atoms with Gasteiger partial charge in [-0.1, -0.05) is 91.0 Å². The summed E-state index contributed by atoms with van der Waals surface area (Å²) in [4.78, 5) is 2.36. The van der Waals surface area contributed by atoms with Crippen molar-refractivity contribution in [3.8, 4) is 0 Å². The van der Waals surface area contributed by atoms with Crippen LogP contribution in [0.1, 0.15) is 29.0 Å². The van der Waals surface area contributed by atoms with E-state index in [4.69, 9.17) is 5.11 Å². The molecule has 0 aliphatic rings. The van der Waals surface area contributed by atoms with Gasteiger partial charge in [-0.2, -0.15) is 0 Å². The molecule has 0 saturated heterocycles. The second-order valence-corrected chi connectivity index (χ2v) is 7.07. The standard InChI is InChI=1S/C25H29NO.CH4O/c27-19-18-26(21-23-12-6-2-7-13-23)17-16-25(24-14-8-3-9-15-24)20-22-10-4-1-5-11-22;1-2/h1-15,25,27H,16-21H2;2H,1H3/t25-;/m0./s1. The summed E-state index contributed by atoms with van der Waals surface area (Å²) < 4.78 is 0. The Bertz CT molecular complexity index is 762. The lowest BCUT2D eigenvalue weighted by Gasteiger charge is -2.25. The molecule has 0 unspecified atom stereocenters. The molecule has 0 spiro atoms. The summed E-state index contributed by atoms with van der Waals surface area (Å²) in [5.41, 5.74) is 4.07. The summed E-state index contributed by atoms with van der Waals surface area (Å²) in [6.07, 6.45) is 2.12. The van der Waals surface area contributed by atoms with Crippen LogP contribution in [0.15, 0.2) is 91.0 Å². The van der Waals surface area contributed by atoms with Crippen molar-refractivity contribution in [3.63, 3.8) is 0 Å². The maximum Gasteiger partial charge on any atom is 0.0558 e. The highest BCUT2D eigenvalue weighted by molar-refractivity contribution is 5.24. The van der Waals surface area contributed by atoms with Gasteiger partial charge in [0.1, 0.15) is 0 Å². The van der Waals surface area contributed by atoms with Crippen molar-refractivity contribution in [1.29, 1.82) is 0 Å². The minimum absolute atomic E-state index is 0.196. The normalized spacial score (nSPS) is 11.6. The Morgan fingerprint density at radius 3 is 1.76 bits per heavy atom. The third-order valence-electron chi connectivity index (χ3n) is 5.05. The first-order chi connectivity index (χ1) is 14.3. The van der Waals surface area contributed by atoms with E-state index in [1.807, 2.05) is 6.07 Å². The molecule has 3 aromatic rings.